The van der Waals surface area contributed by atoms with E-state index < -0.39 is 17.6 Å². The third-order valence-corrected chi connectivity index (χ3v) is 7.52. The highest BCUT2D eigenvalue weighted by Crippen LogP contribution is 2.47. The minimum absolute atomic E-state index is 0.105. The number of carbonyl (C=O) groups excluding carboxylic acids is 3. The van der Waals surface area contributed by atoms with E-state index in [1.54, 1.807) is 25.4 Å². The summed E-state index contributed by atoms with van der Waals surface area (Å²) in [5.74, 6) is -0.689. The number of likely N-dealkylation sites (tertiary alicyclic amines) is 1. The number of amides is 3. The molecule has 2 aromatic carbocycles. The quantitative estimate of drug-likeness (QED) is 0.540. The molecule has 37 heavy (non-hydrogen) atoms. The Kier molecular flexibility index (Phi) is 6.16. The number of rotatable bonds is 5. The molecule has 8 heteroatoms. The van der Waals surface area contributed by atoms with E-state index in [-0.39, 0.29) is 36.6 Å². The Morgan fingerprint density at radius 2 is 1.95 bits per heavy atom. The van der Waals surface area contributed by atoms with Crippen LogP contribution in [0.25, 0.3) is 15.7 Å². The van der Waals surface area contributed by atoms with Crippen molar-refractivity contribution in [3.05, 3.63) is 83.3 Å². The highest BCUT2D eigenvalue weighted by atomic mass is 16.2. The number of nitrogens with zero attached hydrogens (tertiary/aromatic N) is 4. The summed E-state index contributed by atoms with van der Waals surface area (Å²) in [6, 6.07) is 15.8. The van der Waals surface area contributed by atoms with Crippen molar-refractivity contribution in [3.8, 4) is 0 Å². The van der Waals surface area contributed by atoms with Crippen LogP contribution in [0.1, 0.15) is 42.6 Å². The molecule has 3 heterocycles. The molecule has 0 radical (unpaired) electrons. The van der Waals surface area contributed by atoms with E-state index in [9.17, 15) is 14.4 Å². The normalized spacial score (nSPS) is 21.1. The van der Waals surface area contributed by atoms with Gasteiger partial charge in [-0.3, -0.25) is 29.1 Å². The zero-order valence-corrected chi connectivity index (χ0v) is 21.1. The van der Waals surface area contributed by atoms with E-state index in [1.165, 1.54) is 9.80 Å². The summed E-state index contributed by atoms with van der Waals surface area (Å²) in [4.78, 5) is 52.1. The maximum atomic E-state index is 14.1. The molecular weight excluding hydrogens is 466 g/mol. The Labute approximate surface area is 216 Å². The number of para-hydroxylation sites is 2. The fourth-order valence-electron chi connectivity index (χ4n) is 5.63. The van der Waals surface area contributed by atoms with Crippen molar-refractivity contribution in [1.82, 2.24) is 14.8 Å². The van der Waals surface area contributed by atoms with Crippen LogP contribution in [-0.2, 0) is 15.0 Å². The molecule has 1 aromatic heterocycles. The first kappa shape index (κ1) is 24.4. The van der Waals surface area contributed by atoms with Gasteiger partial charge in [0.05, 0.1) is 17.5 Å². The number of benzene rings is 2. The van der Waals surface area contributed by atoms with Crippen molar-refractivity contribution in [3.63, 3.8) is 0 Å². The molecule has 2 aliphatic rings. The number of hydrogen-bond acceptors (Lipinski definition) is 4. The van der Waals surface area contributed by atoms with Gasteiger partial charge in [0.15, 0.2) is 0 Å². The number of carbonyl (C=O) groups is 3. The molecule has 1 saturated heterocycles. The van der Waals surface area contributed by atoms with E-state index in [2.05, 4.69) is 15.1 Å². The topological polar surface area (TPSA) is 87.0 Å². The van der Waals surface area contributed by atoms with Gasteiger partial charge < -0.3 is 10.2 Å². The van der Waals surface area contributed by atoms with E-state index >= 15 is 0 Å². The van der Waals surface area contributed by atoms with Crippen LogP contribution in [0.5, 0.6) is 0 Å². The molecule has 0 saturated carbocycles. The van der Waals surface area contributed by atoms with Crippen molar-refractivity contribution in [1.29, 1.82) is 0 Å². The average molecular weight is 496 g/mol. The molecule has 3 aromatic rings. The summed E-state index contributed by atoms with van der Waals surface area (Å²) in [5, 5.41) is 3.77. The first-order valence-corrected chi connectivity index (χ1v) is 12.5. The highest BCUT2D eigenvalue weighted by molar-refractivity contribution is 6.08. The zero-order valence-electron chi connectivity index (χ0n) is 21.1. The largest absolute Gasteiger partial charge is 0.330 e. The molecular formula is C29H29N5O3. The molecule has 3 atom stereocenters. The Bertz CT molecular complexity index is 1440. The Morgan fingerprint density at radius 1 is 1.19 bits per heavy atom. The highest BCUT2D eigenvalue weighted by Gasteiger charge is 2.59. The fraction of sp³-hybridized carbons (Fsp3) is 0.345. The molecule has 8 nitrogen and oxygen atoms in total. The molecule has 1 spiro atoms. The minimum Gasteiger partial charge on any atom is -0.330 e. The second-order valence-electron chi connectivity index (χ2n) is 10.3. The van der Waals surface area contributed by atoms with Crippen LogP contribution in [0, 0.1) is 12.5 Å². The lowest BCUT2D eigenvalue weighted by atomic mass is 9.80. The van der Waals surface area contributed by atoms with Gasteiger partial charge in [0.1, 0.15) is 11.5 Å². The first-order chi connectivity index (χ1) is 17.8. The third-order valence-electron chi connectivity index (χ3n) is 7.52. The van der Waals surface area contributed by atoms with Gasteiger partial charge in [-0.15, -0.1) is 0 Å². The predicted molar refractivity (Wildman–Crippen MR) is 141 cm³/mol. The van der Waals surface area contributed by atoms with Crippen molar-refractivity contribution in [2.75, 3.05) is 18.9 Å². The summed E-state index contributed by atoms with van der Waals surface area (Å²) < 4.78 is 0. The summed E-state index contributed by atoms with van der Waals surface area (Å²) in [5.41, 5.74) is 1.57. The molecule has 0 aliphatic carbocycles. The van der Waals surface area contributed by atoms with Gasteiger partial charge in [0.25, 0.3) is 11.8 Å². The average Bonchev–Trinajstić information content (AvgIpc) is 3.43. The minimum atomic E-state index is -0.966. The van der Waals surface area contributed by atoms with Crippen LogP contribution in [0.3, 0.4) is 0 Å². The standard InChI is InChI=1S/C29H29N5O3/c1-18(2)15-23(33(4)26(35)20-11-7-9-19-10-8-14-31-25(19)20)27(36)34-17-29(16-24(34)30-3)21-12-5-6-13-22(21)32-28(29)37/h5-14,18,23-24H,15-17H2,1-2,4H3,(H,32,37)/t23-,24-,29-/m0/s1. The summed E-state index contributed by atoms with van der Waals surface area (Å²) in [7, 11) is 1.63. The number of hydrogen-bond donors (Lipinski definition) is 1. The van der Waals surface area contributed by atoms with E-state index in [1.807, 2.05) is 56.3 Å². The number of nitrogens with one attached hydrogen (secondary N) is 1. The Morgan fingerprint density at radius 3 is 2.70 bits per heavy atom. The van der Waals surface area contributed by atoms with Gasteiger partial charge in [-0.25, -0.2) is 6.57 Å². The lowest BCUT2D eigenvalue weighted by molar-refractivity contribution is -0.136. The van der Waals surface area contributed by atoms with E-state index in [4.69, 9.17) is 6.57 Å². The summed E-state index contributed by atoms with van der Waals surface area (Å²) in [6.07, 6.45) is 1.51. The van der Waals surface area contributed by atoms with Crippen LogP contribution >= 0.6 is 0 Å². The number of aromatic nitrogens is 1. The smallest absolute Gasteiger partial charge is 0.302 e. The van der Waals surface area contributed by atoms with Gasteiger partial charge >= 0.3 is 6.17 Å². The molecule has 3 amide bonds. The number of pyridine rings is 1. The van der Waals surface area contributed by atoms with Crippen LogP contribution in [0.2, 0.25) is 0 Å². The number of likely N-dealkylation sites (N-methyl/N-ethyl adjacent to an activating group) is 1. The molecule has 5 rings (SSSR count). The maximum Gasteiger partial charge on any atom is 0.302 e. The second-order valence-corrected chi connectivity index (χ2v) is 10.3. The van der Waals surface area contributed by atoms with Crippen molar-refractivity contribution in [2.24, 2.45) is 5.92 Å². The van der Waals surface area contributed by atoms with Crippen molar-refractivity contribution in [2.45, 2.75) is 44.3 Å². The van der Waals surface area contributed by atoms with E-state index in [0.717, 1.165) is 16.6 Å². The van der Waals surface area contributed by atoms with Gasteiger partial charge in [0.2, 0.25) is 5.91 Å². The summed E-state index contributed by atoms with van der Waals surface area (Å²) in [6.45, 7) is 11.9. The van der Waals surface area contributed by atoms with Gasteiger partial charge in [-0.2, -0.15) is 0 Å². The molecule has 0 unspecified atom stereocenters. The molecule has 0 bridgehead atoms. The predicted octanol–water partition coefficient (Wildman–Crippen LogP) is 4.09. The van der Waals surface area contributed by atoms with Gasteiger partial charge in [0, 0.05) is 30.9 Å². The van der Waals surface area contributed by atoms with Crippen molar-refractivity contribution < 1.29 is 14.4 Å². The molecule has 1 fully saturated rings. The third kappa shape index (κ3) is 4.01. The lowest BCUT2D eigenvalue weighted by Gasteiger charge is -2.32. The zero-order chi connectivity index (χ0) is 26.3. The van der Waals surface area contributed by atoms with Crippen molar-refractivity contribution >= 4 is 34.3 Å². The maximum absolute atomic E-state index is 14.1. The number of fused-ring (bicyclic) bond motifs is 3. The SMILES string of the molecule is [C-]#[N+][C@@H]1C[C@@]2(CN1C(=O)[C@H](CC(C)C)N(C)C(=O)c1cccc3cccnc13)C(=O)Nc1ccccc12. The monoisotopic (exact) mass is 495 g/mol. The first-order valence-electron chi connectivity index (χ1n) is 12.5. The molecule has 2 aliphatic heterocycles. The summed E-state index contributed by atoms with van der Waals surface area (Å²) >= 11 is 0. The van der Waals surface area contributed by atoms with Gasteiger partial charge in [-0.1, -0.05) is 50.2 Å². The Balaban J connectivity index is 1.48. The second kappa shape index (κ2) is 9.32. The van der Waals surface area contributed by atoms with Crippen LogP contribution in [-0.4, -0.2) is 58.3 Å². The Hall–Kier alpha value is -4.25. The van der Waals surface area contributed by atoms with Crippen LogP contribution in [0.15, 0.2) is 60.8 Å². The fourth-order valence-corrected chi connectivity index (χ4v) is 5.63. The van der Waals surface area contributed by atoms with Crippen LogP contribution in [0.4, 0.5) is 5.69 Å². The molecule has 1 N–H and O–H groups in total. The van der Waals surface area contributed by atoms with Gasteiger partial charge in [-0.05, 0) is 36.1 Å². The lowest BCUT2D eigenvalue weighted by Crippen LogP contribution is -2.51. The molecule has 188 valence electrons. The van der Waals surface area contributed by atoms with E-state index in [0.29, 0.717) is 17.5 Å². The number of anilines is 1. The van der Waals surface area contributed by atoms with Crippen LogP contribution < -0.4 is 5.32 Å².